The highest BCUT2D eigenvalue weighted by molar-refractivity contribution is 8.15. The fourth-order valence-electron chi connectivity index (χ4n) is 2.10. The highest BCUT2D eigenvalue weighted by atomic mass is 32.2. The van der Waals surface area contributed by atoms with Gasteiger partial charge in [0.1, 0.15) is 11.0 Å². The lowest BCUT2D eigenvalue weighted by molar-refractivity contribution is -0.137. The van der Waals surface area contributed by atoms with E-state index in [4.69, 9.17) is 9.84 Å². The molecule has 1 fully saturated rings. The van der Waals surface area contributed by atoms with Gasteiger partial charge in [-0.1, -0.05) is 0 Å². The van der Waals surface area contributed by atoms with E-state index in [1.54, 1.807) is 24.3 Å². The van der Waals surface area contributed by atoms with Gasteiger partial charge < -0.3 is 15.2 Å². The number of anilines is 1. The highest BCUT2D eigenvalue weighted by Crippen LogP contribution is 2.33. The standard InChI is InChI=1S/C15H16N2O6S/c1-23-10-4-2-9(3-5-10)17-14(21)11(24-15(17)22)8-12(18)16-7-6-13(19)20/h2-5,11H,6-8H2,1H3,(H,16,18)(H,19,20). The summed E-state index contributed by atoms with van der Waals surface area (Å²) in [6.07, 6.45) is -0.379. The smallest absolute Gasteiger partial charge is 0.305 e. The molecule has 2 rings (SSSR count). The monoisotopic (exact) mass is 352 g/mol. The van der Waals surface area contributed by atoms with Gasteiger partial charge in [-0.15, -0.1) is 0 Å². The molecule has 0 aliphatic carbocycles. The maximum atomic E-state index is 12.4. The summed E-state index contributed by atoms with van der Waals surface area (Å²) in [5.74, 6) is -1.36. The summed E-state index contributed by atoms with van der Waals surface area (Å²) in [5, 5.41) is 9.66. The number of benzene rings is 1. The predicted octanol–water partition coefficient (Wildman–Crippen LogP) is 1.24. The third-order valence-corrected chi connectivity index (χ3v) is 4.32. The van der Waals surface area contributed by atoms with Gasteiger partial charge in [0.15, 0.2) is 0 Å². The Morgan fingerprint density at radius 1 is 1.29 bits per heavy atom. The molecule has 0 saturated carbocycles. The van der Waals surface area contributed by atoms with Crippen LogP contribution in [0.2, 0.25) is 0 Å². The summed E-state index contributed by atoms with van der Waals surface area (Å²) in [7, 11) is 1.51. The third kappa shape index (κ3) is 4.25. The number of amides is 3. The zero-order valence-electron chi connectivity index (χ0n) is 12.9. The van der Waals surface area contributed by atoms with Crippen LogP contribution in [0.3, 0.4) is 0 Å². The number of nitrogens with one attached hydrogen (secondary N) is 1. The summed E-state index contributed by atoms with van der Waals surface area (Å²) in [6, 6.07) is 6.44. The molecule has 0 radical (unpaired) electrons. The molecule has 1 aliphatic heterocycles. The number of carboxylic acids is 1. The predicted molar refractivity (Wildman–Crippen MR) is 87.1 cm³/mol. The normalized spacial score (nSPS) is 17.0. The summed E-state index contributed by atoms with van der Waals surface area (Å²) < 4.78 is 5.03. The first-order valence-corrected chi connectivity index (χ1v) is 7.97. The molecule has 1 heterocycles. The largest absolute Gasteiger partial charge is 0.497 e. The van der Waals surface area contributed by atoms with Crippen molar-refractivity contribution in [1.82, 2.24) is 5.32 Å². The Morgan fingerprint density at radius 3 is 2.54 bits per heavy atom. The number of nitrogens with zero attached hydrogens (tertiary/aromatic N) is 1. The first-order valence-electron chi connectivity index (χ1n) is 7.09. The van der Waals surface area contributed by atoms with Crippen LogP contribution in [-0.2, 0) is 14.4 Å². The summed E-state index contributed by atoms with van der Waals surface area (Å²) in [5.41, 5.74) is 0.409. The van der Waals surface area contributed by atoms with E-state index in [2.05, 4.69) is 5.32 Å². The van der Waals surface area contributed by atoms with Crippen LogP contribution in [0, 0.1) is 0 Å². The van der Waals surface area contributed by atoms with Crippen molar-refractivity contribution in [3.05, 3.63) is 24.3 Å². The second-order valence-corrected chi connectivity index (χ2v) is 6.10. The van der Waals surface area contributed by atoms with Gasteiger partial charge in [0.05, 0.1) is 19.2 Å². The van der Waals surface area contributed by atoms with Crippen LogP contribution in [0.25, 0.3) is 0 Å². The Labute approximate surface area is 142 Å². The Bertz CT molecular complexity index is 660. The molecule has 1 unspecified atom stereocenters. The number of thioether (sulfide) groups is 1. The van der Waals surface area contributed by atoms with Gasteiger partial charge in [0.25, 0.3) is 5.24 Å². The van der Waals surface area contributed by atoms with Gasteiger partial charge in [-0.3, -0.25) is 19.2 Å². The summed E-state index contributed by atoms with van der Waals surface area (Å²) >= 11 is 0.784. The molecule has 1 saturated heterocycles. The van der Waals surface area contributed by atoms with Crippen LogP contribution >= 0.6 is 11.8 Å². The molecule has 1 aliphatic rings. The molecule has 1 aromatic rings. The van der Waals surface area contributed by atoms with E-state index in [0.717, 1.165) is 16.7 Å². The molecule has 0 aromatic heterocycles. The lowest BCUT2D eigenvalue weighted by atomic mass is 10.2. The van der Waals surface area contributed by atoms with Crippen molar-refractivity contribution in [2.24, 2.45) is 0 Å². The molecule has 2 N–H and O–H groups in total. The van der Waals surface area contributed by atoms with Crippen LogP contribution in [0.1, 0.15) is 12.8 Å². The molecule has 1 aromatic carbocycles. The number of methoxy groups -OCH3 is 1. The molecule has 9 heteroatoms. The second kappa shape index (κ2) is 7.82. The average molecular weight is 352 g/mol. The number of carbonyl (C=O) groups excluding carboxylic acids is 3. The molecule has 1 atom stereocenters. The van der Waals surface area contributed by atoms with Gasteiger partial charge in [-0.2, -0.15) is 0 Å². The van der Waals surface area contributed by atoms with E-state index >= 15 is 0 Å². The zero-order valence-corrected chi connectivity index (χ0v) is 13.7. The minimum absolute atomic E-state index is 0.0180. The number of carbonyl (C=O) groups is 4. The van der Waals surface area contributed by atoms with Crippen LogP contribution in [0.5, 0.6) is 5.75 Å². The number of hydrogen-bond donors (Lipinski definition) is 2. The fraction of sp³-hybridized carbons (Fsp3) is 0.333. The van der Waals surface area contributed by atoms with Crippen molar-refractivity contribution in [3.63, 3.8) is 0 Å². The lowest BCUT2D eigenvalue weighted by Gasteiger charge is -2.14. The first kappa shape index (κ1) is 17.8. The average Bonchev–Trinajstić information content (AvgIpc) is 2.81. The molecule has 3 amide bonds. The number of hydrogen-bond acceptors (Lipinski definition) is 6. The Hall–Kier alpha value is -2.55. The van der Waals surface area contributed by atoms with Crippen molar-refractivity contribution < 1.29 is 29.0 Å². The minimum Gasteiger partial charge on any atom is -0.497 e. The Balaban J connectivity index is 1.97. The second-order valence-electron chi connectivity index (χ2n) is 4.94. The van der Waals surface area contributed by atoms with Crippen LogP contribution < -0.4 is 15.0 Å². The molecule has 0 bridgehead atoms. The molecule has 24 heavy (non-hydrogen) atoms. The van der Waals surface area contributed by atoms with E-state index in [-0.39, 0.29) is 19.4 Å². The van der Waals surface area contributed by atoms with Gasteiger partial charge >= 0.3 is 5.97 Å². The van der Waals surface area contributed by atoms with Crippen molar-refractivity contribution in [1.29, 1.82) is 0 Å². The van der Waals surface area contributed by atoms with Gasteiger partial charge in [-0.05, 0) is 36.0 Å². The number of ether oxygens (including phenoxy) is 1. The number of carboxylic acid groups (broad SMARTS) is 1. The fourth-order valence-corrected chi connectivity index (χ4v) is 3.09. The SMILES string of the molecule is COc1ccc(N2C(=O)SC(CC(=O)NCCC(=O)O)C2=O)cc1. The molecule has 0 spiro atoms. The Kier molecular flexibility index (Phi) is 5.80. The molecule has 8 nitrogen and oxygen atoms in total. The summed E-state index contributed by atoms with van der Waals surface area (Å²) in [4.78, 5) is 47.6. The molecule has 128 valence electrons. The zero-order chi connectivity index (χ0) is 17.7. The highest BCUT2D eigenvalue weighted by Gasteiger charge is 2.41. The van der Waals surface area contributed by atoms with Gasteiger partial charge in [0.2, 0.25) is 11.8 Å². The molecular weight excluding hydrogens is 336 g/mol. The van der Waals surface area contributed by atoms with Crippen LogP contribution in [-0.4, -0.2) is 47.0 Å². The molecular formula is C15H16N2O6S. The van der Waals surface area contributed by atoms with Crippen molar-refractivity contribution >= 4 is 40.5 Å². The van der Waals surface area contributed by atoms with Gasteiger partial charge in [-0.25, -0.2) is 4.90 Å². The van der Waals surface area contributed by atoms with Crippen LogP contribution in [0.4, 0.5) is 10.5 Å². The van der Waals surface area contributed by atoms with E-state index in [0.29, 0.717) is 11.4 Å². The summed E-state index contributed by atoms with van der Waals surface area (Å²) in [6.45, 7) is -0.0180. The number of imide groups is 1. The van der Waals surface area contributed by atoms with Gasteiger partial charge in [0, 0.05) is 13.0 Å². The van der Waals surface area contributed by atoms with Crippen molar-refractivity contribution in [3.8, 4) is 5.75 Å². The third-order valence-electron chi connectivity index (χ3n) is 3.28. The van der Waals surface area contributed by atoms with E-state index < -0.39 is 28.3 Å². The van der Waals surface area contributed by atoms with E-state index in [9.17, 15) is 19.2 Å². The van der Waals surface area contributed by atoms with E-state index in [1.807, 2.05) is 0 Å². The maximum Gasteiger partial charge on any atom is 0.305 e. The van der Waals surface area contributed by atoms with Crippen molar-refractivity contribution in [2.75, 3.05) is 18.6 Å². The number of rotatable bonds is 7. The minimum atomic E-state index is -1.03. The van der Waals surface area contributed by atoms with E-state index in [1.165, 1.54) is 7.11 Å². The topological polar surface area (TPSA) is 113 Å². The first-order chi connectivity index (χ1) is 11.4. The van der Waals surface area contributed by atoms with Crippen LogP contribution in [0.15, 0.2) is 24.3 Å². The Morgan fingerprint density at radius 2 is 1.96 bits per heavy atom. The number of aliphatic carboxylic acids is 1. The quantitative estimate of drug-likeness (QED) is 0.759. The van der Waals surface area contributed by atoms with Crippen molar-refractivity contribution in [2.45, 2.75) is 18.1 Å². The maximum absolute atomic E-state index is 12.4. The lowest BCUT2D eigenvalue weighted by Crippen LogP contribution is -2.34.